The highest BCUT2D eigenvalue weighted by Crippen LogP contribution is 2.26. The number of nitrogens with zero attached hydrogens (tertiary/aromatic N) is 4. The second-order valence-corrected chi connectivity index (χ2v) is 6.01. The molecule has 3 heterocycles. The molecule has 0 bridgehead atoms. The van der Waals surface area contributed by atoms with Gasteiger partial charge in [-0.15, -0.1) is 21.5 Å². The maximum absolute atomic E-state index is 5.57. The standard InChI is InChI=1S/C10H13N5S2/c11-10-14-13-9(17-10)7-6-16-8(12-7)5-15-3-1-2-4-15/h6H,1-5H2,(H2,11,14). The third kappa shape index (κ3) is 2.46. The highest BCUT2D eigenvalue weighted by Gasteiger charge is 2.15. The SMILES string of the molecule is Nc1nnc(-c2csc(CN3CCCC3)n2)s1. The zero-order valence-corrected chi connectivity index (χ0v) is 10.9. The van der Waals surface area contributed by atoms with E-state index in [1.165, 1.54) is 37.3 Å². The van der Waals surface area contributed by atoms with Crippen molar-refractivity contribution < 1.29 is 0 Å². The second kappa shape index (κ2) is 4.67. The molecule has 0 spiro atoms. The number of likely N-dealkylation sites (tertiary alicyclic amines) is 1. The van der Waals surface area contributed by atoms with Crippen molar-refractivity contribution in [2.75, 3.05) is 18.8 Å². The van der Waals surface area contributed by atoms with Crippen LogP contribution in [0.2, 0.25) is 0 Å². The maximum atomic E-state index is 5.57. The van der Waals surface area contributed by atoms with Gasteiger partial charge in [-0.05, 0) is 25.9 Å². The largest absolute Gasteiger partial charge is 0.374 e. The van der Waals surface area contributed by atoms with E-state index < -0.39 is 0 Å². The van der Waals surface area contributed by atoms with E-state index in [0.29, 0.717) is 5.13 Å². The number of thiazole rings is 1. The fourth-order valence-corrected chi connectivity index (χ4v) is 3.42. The third-order valence-corrected chi connectivity index (χ3v) is 4.38. The van der Waals surface area contributed by atoms with Crippen molar-refractivity contribution in [3.05, 3.63) is 10.4 Å². The Morgan fingerprint density at radius 2 is 2.12 bits per heavy atom. The average molecular weight is 267 g/mol. The number of nitrogen functional groups attached to an aromatic ring is 1. The molecule has 0 aliphatic carbocycles. The number of hydrogen-bond acceptors (Lipinski definition) is 7. The summed E-state index contributed by atoms with van der Waals surface area (Å²) in [5, 5.41) is 12.3. The molecule has 1 aliphatic rings. The van der Waals surface area contributed by atoms with Crippen LogP contribution in [-0.4, -0.2) is 33.2 Å². The molecule has 3 rings (SSSR count). The summed E-state index contributed by atoms with van der Waals surface area (Å²) in [6.45, 7) is 3.35. The van der Waals surface area contributed by atoms with Crippen LogP contribution >= 0.6 is 22.7 Å². The van der Waals surface area contributed by atoms with Crippen LogP contribution in [0.5, 0.6) is 0 Å². The smallest absolute Gasteiger partial charge is 0.203 e. The predicted octanol–water partition coefficient (Wildman–Crippen LogP) is 1.84. The molecular weight excluding hydrogens is 254 g/mol. The van der Waals surface area contributed by atoms with Gasteiger partial charge in [-0.2, -0.15) is 0 Å². The number of aromatic nitrogens is 3. The van der Waals surface area contributed by atoms with Crippen LogP contribution < -0.4 is 5.73 Å². The molecular formula is C10H13N5S2. The summed E-state index contributed by atoms with van der Waals surface area (Å²) >= 11 is 3.07. The van der Waals surface area contributed by atoms with Crippen molar-refractivity contribution in [3.8, 4) is 10.7 Å². The van der Waals surface area contributed by atoms with Crippen molar-refractivity contribution in [1.29, 1.82) is 0 Å². The van der Waals surface area contributed by atoms with Gasteiger partial charge in [0.05, 0.1) is 6.54 Å². The summed E-state index contributed by atoms with van der Waals surface area (Å²) in [7, 11) is 0. The van der Waals surface area contributed by atoms with E-state index in [0.717, 1.165) is 22.3 Å². The van der Waals surface area contributed by atoms with Gasteiger partial charge in [-0.1, -0.05) is 11.3 Å². The third-order valence-electron chi connectivity index (χ3n) is 2.77. The summed E-state index contributed by atoms with van der Waals surface area (Å²) in [5.74, 6) is 0. The lowest BCUT2D eigenvalue weighted by atomic mass is 10.4. The van der Waals surface area contributed by atoms with Crippen LogP contribution in [0.15, 0.2) is 5.38 Å². The van der Waals surface area contributed by atoms with E-state index in [1.54, 1.807) is 11.3 Å². The lowest BCUT2D eigenvalue weighted by Gasteiger charge is -2.11. The highest BCUT2D eigenvalue weighted by atomic mass is 32.1. The highest BCUT2D eigenvalue weighted by molar-refractivity contribution is 7.18. The zero-order chi connectivity index (χ0) is 11.7. The van der Waals surface area contributed by atoms with E-state index in [1.807, 2.05) is 5.38 Å². The van der Waals surface area contributed by atoms with Gasteiger partial charge in [-0.25, -0.2) is 4.98 Å². The van der Waals surface area contributed by atoms with Gasteiger partial charge < -0.3 is 5.73 Å². The first-order valence-corrected chi connectivity index (χ1v) is 7.27. The van der Waals surface area contributed by atoms with Crippen LogP contribution in [0.4, 0.5) is 5.13 Å². The molecule has 0 unspecified atom stereocenters. The molecule has 5 nitrogen and oxygen atoms in total. The molecule has 0 radical (unpaired) electrons. The Balaban J connectivity index is 1.73. The molecule has 0 aromatic carbocycles. The van der Waals surface area contributed by atoms with E-state index in [2.05, 4.69) is 20.1 Å². The summed E-state index contributed by atoms with van der Waals surface area (Å²) in [4.78, 5) is 7.03. The van der Waals surface area contributed by atoms with E-state index in [9.17, 15) is 0 Å². The van der Waals surface area contributed by atoms with Crippen molar-refractivity contribution in [2.45, 2.75) is 19.4 Å². The molecule has 1 saturated heterocycles. The van der Waals surface area contributed by atoms with E-state index in [4.69, 9.17) is 5.73 Å². The number of rotatable bonds is 3. The van der Waals surface area contributed by atoms with Gasteiger partial charge in [0.1, 0.15) is 10.7 Å². The fraction of sp³-hybridized carbons (Fsp3) is 0.500. The minimum Gasteiger partial charge on any atom is -0.374 e. The van der Waals surface area contributed by atoms with Crippen molar-refractivity contribution >= 4 is 27.8 Å². The quantitative estimate of drug-likeness (QED) is 0.919. The molecule has 17 heavy (non-hydrogen) atoms. The molecule has 0 saturated carbocycles. The summed E-state index contributed by atoms with van der Waals surface area (Å²) in [5.41, 5.74) is 6.47. The Morgan fingerprint density at radius 3 is 2.82 bits per heavy atom. The average Bonchev–Trinajstić information content (AvgIpc) is 2.99. The monoisotopic (exact) mass is 267 g/mol. The van der Waals surface area contributed by atoms with Crippen LogP contribution in [0.3, 0.4) is 0 Å². The topological polar surface area (TPSA) is 67.9 Å². The number of anilines is 1. The Kier molecular flexibility index (Phi) is 3.04. The molecule has 0 atom stereocenters. The van der Waals surface area contributed by atoms with Gasteiger partial charge in [0.25, 0.3) is 0 Å². The van der Waals surface area contributed by atoms with Gasteiger partial charge in [0.2, 0.25) is 5.13 Å². The molecule has 90 valence electrons. The minimum absolute atomic E-state index is 0.495. The Morgan fingerprint density at radius 1 is 1.29 bits per heavy atom. The van der Waals surface area contributed by atoms with Crippen LogP contribution in [0, 0.1) is 0 Å². The molecule has 7 heteroatoms. The summed E-state index contributed by atoms with van der Waals surface area (Å²) in [6, 6.07) is 0. The van der Waals surface area contributed by atoms with Gasteiger partial charge in [0, 0.05) is 5.38 Å². The van der Waals surface area contributed by atoms with Crippen LogP contribution in [0.1, 0.15) is 17.8 Å². The van der Waals surface area contributed by atoms with Crippen molar-refractivity contribution in [3.63, 3.8) is 0 Å². The first-order valence-electron chi connectivity index (χ1n) is 5.57. The lowest BCUT2D eigenvalue weighted by Crippen LogP contribution is -2.18. The normalized spacial score (nSPS) is 16.7. The maximum Gasteiger partial charge on any atom is 0.203 e. The van der Waals surface area contributed by atoms with Crippen LogP contribution in [-0.2, 0) is 6.54 Å². The van der Waals surface area contributed by atoms with Gasteiger partial charge >= 0.3 is 0 Å². The van der Waals surface area contributed by atoms with Crippen molar-refractivity contribution in [1.82, 2.24) is 20.1 Å². The van der Waals surface area contributed by atoms with E-state index >= 15 is 0 Å². The second-order valence-electron chi connectivity index (χ2n) is 4.06. The van der Waals surface area contributed by atoms with Crippen molar-refractivity contribution in [2.24, 2.45) is 0 Å². The lowest BCUT2D eigenvalue weighted by molar-refractivity contribution is 0.331. The van der Waals surface area contributed by atoms with E-state index in [-0.39, 0.29) is 0 Å². The Hall–Kier alpha value is -1.05. The number of nitrogens with two attached hydrogens (primary N) is 1. The first kappa shape index (κ1) is 11.1. The van der Waals surface area contributed by atoms with Gasteiger partial charge in [-0.3, -0.25) is 4.90 Å². The number of hydrogen-bond donors (Lipinski definition) is 1. The first-order chi connectivity index (χ1) is 8.31. The molecule has 0 amide bonds. The fourth-order valence-electron chi connectivity index (χ4n) is 1.95. The molecule has 1 aliphatic heterocycles. The van der Waals surface area contributed by atoms with Gasteiger partial charge in [0.15, 0.2) is 5.01 Å². The predicted molar refractivity (Wildman–Crippen MR) is 69.9 cm³/mol. The Bertz CT molecular complexity index is 500. The molecule has 2 aromatic rings. The van der Waals surface area contributed by atoms with Crippen LogP contribution in [0.25, 0.3) is 10.7 Å². The summed E-state index contributed by atoms with van der Waals surface area (Å²) < 4.78 is 0. The zero-order valence-electron chi connectivity index (χ0n) is 9.30. The molecule has 1 fully saturated rings. The minimum atomic E-state index is 0.495. The molecule has 2 N–H and O–H groups in total. The Labute approximate surface area is 107 Å². The summed E-state index contributed by atoms with van der Waals surface area (Å²) in [6.07, 6.45) is 2.62. The molecule has 2 aromatic heterocycles.